The molecule has 0 unspecified atom stereocenters. The van der Waals surface area contributed by atoms with Crippen molar-refractivity contribution in [3.63, 3.8) is 0 Å². The molecule has 11 heteroatoms. The van der Waals surface area contributed by atoms with E-state index in [1.54, 1.807) is 24.3 Å². The number of carbonyl (C=O) groups is 2. The Kier molecular flexibility index (Phi) is 7.95. The minimum absolute atomic E-state index is 0.117. The number of nitrogens with zero attached hydrogens (tertiary/aromatic N) is 1. The van der Waals surface area contributed by atoms with Gasteiger partial charge >= 0.3 is 6.18 Å². The third-order valence-electron chi connectivity index (χ3n) is 3.95. The fourth-order valence-corrected chi connectivity index (χ4v) is 3.40. The number of thioether (sulfide) groups is 1. The van der Waals surface area contributed by atoms with Crippen molar-refractivity contribution in [2.75, 3.05) is 22.3 Å². The maximum Gasteiger partial charge on any atom is 0.417 e. The summed E-state index contributed by atoms with van der Waals surface area (Å²) in [6.07, 6.45) is -4.77. The number of alkyl halides is 4. The van der Waals surface area contributed by atoms with E-state index < -0.39 is 34.7 Å². The number of aliphatic hydroxyl groups is 1. The Morgan fingerprint density at radius 3 is 2.45 bits per heavy atom. The van der Waals surface area contributed by atoms with Crippen molar-refractivity contribution < 1.29 is 27.9 Å². The monoisotopic (exact) mass is 471 g/mol. The first-order chi connectivity index (χ1) is 14.5. The molecule has 0 radical (unpaired) electrons. The van der Waals surface area contributed by atoms with Gasteiger partial charge in [-0.15, -0.1) is 23.4 Å². The van der Waals surface area contributed by atoms with Crippen LogP contribution < -0.4 is 10.6 Å². The van der Waals surface area contributed by atoms with Crippen LogP contribution in [0.3, 0.4) is 0 Å². The highest BCUT2D eigenvalue weighted by atomic mass is 35.5. The molecule has 0 aliphatic rings. The Balaban J connectivity index is 2.08. The van der Waals surface area contributed by atoms with Crippen LogP contribution >= 0.6 is 23.4 Å². The molecule has 2 aromatic carbocycles. The van der Waals surface area contributed by atoms with Gasteiger partial charge in [-0.2, -0.15) is 18.4 Å². The van der Waals surface area contributed by atoms with Gasteiger partial charge in [0, 0.05) is 22.0 Å². The molecule has 0 bridgehead atoms. The number of anilines is 2. The fourth-order valence-electron chi connectivity index (χ4n) is 2.37. The van der Waals surface area contributed by atoms with Crippen LogP contribution in [0.1, 0.15) is 18.1 Å². The molecule has 0 spiro atoms. The van der Waals surface area contributed by atoms with Crippen LogP contribution in [0.15, 0.2) is 47.4 Å². The minimum atomic E-state index is -4.77. The van der Waals surface area contributed by atoms with Crippen molar-refractivity contribution in [1.29, 1.82) is 5.26 Å². The maximum absolute atomic E-state index is 13.1. The van der Waals surface area contributed by atoms with Gasteiger partial charge in [0.15, 0.2) is 0 Å². The largest absolute Gasteiger partial charge is 0.417 e. The molecule has 0 saturated heterocycles. The Morgan fingerprint density at radius 1 is 1.16 bits per heavy atom. The second-order valence-electron chi connectivity index (χ2n) is 6.60. The molecule has 6 nitrogen and oxygen atoms in total. The molecular formula is C20H17ClF3N3O3S. The molecule has 2 aromatic rings. The van der Waals surface area contributed by atoms with Gasteiger partial charge in [0.1, 0.15) is 11.5 Å². The van der Waals surface area contributed by atoms with Gasteiger partial charge in [0.25, 0.3) is 5.91 Å². The van der Waals surface area contributed by atoms with E-state index in [1.165, 1.54) is 13.0 Å². The number of nitriles is 1. The highest BCUT2D eigenvalue weighted by Gasteiger charge is 2.35. The predicted octanol–water partition coefficient (Wildman–Crippen LogP) is 4.24. The van der Waals surface area contributed by atoms with Gasteiger partial charge in [-0.1, -0.05) is 6.07 Å². The van der Waals surface area contributed by atoms with Crippen molar-refractivity contribution in [2.45, 2.75) is 23.6 Å². The van der Waals surface area contributed by atoms with Gasteiger partial charge in [-0.25, -0.2) is 0 Å². The number of rotatable bonds is 7. The Hall–Kier alpha value is -2.74. The number of amides is 2. The first-order valence-corrected chi connectivity index (χ1v) is 10.2. The van der Waals surface area contributed by atoms with Crippen LogP contribution in [0.4, 0.5) is 24.5 Å². The van der Waals surface area contributed by atoms with E-state index in [0.29, 0.717) is 16.6 Å². The summed E-state index contributed by atoms with van der Waals surface area (Å²) in [6, 6.07) is 10.8. The van der Waals surface area contributed by atoms with Crippen LogP contribution in [-0.4, -0.2) is 34.2 Å². The first-order valence-electron chi connectivity index (χ1n) is 8.70. The summed E-state index contributed by atoms with van der Waals surface area (Å²) < 4.78 is 39.2. The molecule has 0 heterocycles. The summed E-state index contributed by atoms with van der Waals surface area (Å²) in [4.78, 5) is 24.4. The summed E-state index contributed by atoms with van der Waals surface area (Å²) >= 11 is 6.55. The normalized spacial score (nSPS) is 13.1. The van der Waals surface area contributed by atoms with E-state index in [2.05, 4.69) is 10.6 Å². The number of hydrogen-bond acceptors (Lipinski definition) is 5. The highest BCUT2D eigenvalue weighted by molar-refractivity contribution is 7.99. The molecular weight excluding hydrogens is 455 g/mol. The van der Waals surface area contributed by atoms with Crippen LogP contribution in [0.25, 0.3) is 0 Å². The van der Waals surface area contributed by atoms with Gasteiger partial charge in [0.05, 0.1) is 17.2 Å². The molecule has 0 fully saturated rings. The van der Waals surface area contributed by atoms with Crippen LogP contribution in [-0.2, 0) is 15.8 Å². The molecule has 164 valence electrons. The van der Waals surface area contributed by atoms with E-state index >= 15 is 0 Å². The standard InChI is InChI=1S/C20H17ClF3N3O3S/c1-19(30,11-31-15-4-2-3-13(7-15)26-17(28)9-21)18(29)27-14-6-5-12(10-25)16(8-14)20(22,23)24/h2-8,30H,9,11H2,1H3,(H,26,28)(H,27,29)/t19-/m0/s1. The fraction of sp³-hybridized carbons (Fsp3) is 0.250. The van der Waals surface area contributed by atoms with Crippen LogP contribution in [0.5, 0.6) is 0 Å². The number of halogens is 4. The molecule has 0 aliphatic carbocycles. The Morgan fingerprint density at radius 2 is 1.84 bits per heavy atom. The van der Waals surface area contributed by atoms with E-state index in [-0.39, 0.29) is 17.3 Å². The second-order valence-corrected chi connectivity index (χ2v) is 7.91. The first kappa shape index (κ1) is 24.5. The lowest BCUT2D eigenvalue weighted by Gasteiger charge is -2.22. The molecule has 2 amide bonds. The molecule has 1 atom stereocenters. The zero-order valence-electron chi connectivity index (χ0n) is 16.1. The molecule has 0 aromatic heterocycles. The van der Waals surface area contributed by atoms with Gasteiger partial charge < -0.3 is 15.7 Å². The highest BCUT2D eigenvalue weighted by Crippen LogP contribution is 2.34. The van der Waals surface area contributed by atoms with Gasteiger partial charge in [0.2, 0.25) is 5.91 Å². The summed E-state index contributed by atoms with van der Waals surface area (Å²) in [7, 11) is 0. The lowest BCUT2D eigenvalue weighted by molar-refractivity contribution is -0.137. The number of nitrogens with one attached hydrogen (secondary N) is 2. The molecule has 3 N–H and O–H groups in total. The van der Waals surface area contributed by atoms with Crippen molar-refractivity contribution in [2.24, 2.45) is 0 Å². The summed E-state index contributed by atoms with van der Waals surface area (Å²) in [5.41, 5.74) is -3.40. The zero-order chi connectivity index (χ0) is 23.2. The van der Waals surface area contributed by atoms with Crippen molar-refractivity contribution in [3.05, 3.63) is 53.6 Å². The quantitative estimate of drug-likeness (QED) is 0.414. The topological polar surface area (TPSA) is 102 Å². The van der Waals surface area contributed by atoms with Crippen LogP contribution in [0.2, 0.25) is 0 Å². The van der Waals surface area contributed by atoms with E-state index in [1.807, 2.05) is 0 Å². The molecule has 0 saturated carbocycles. The average molecular weight is 472 g/mol. The van der Waals surface area contributed by atoms with Crippen molar-refractivity contribution in [1.82, 2.24) is 0 Å². The molecule has 31 heavy (non-hydrogen) atoms. The van der Waals surface area contributed by atoms with Gasteiger partial charge in [-0.3, -0.25) is 9.59 Å². The average Bonchev–Trinajstić information content (AvgIpc) is 2.71. The maximum atomic E-state index is 13.1. The van der Waals surface area contributed by atoms with Crippen molar-refractivity contribution >= 4 is 46.6 Å². The summed E-state index contributed by atoms with van der Waals surface area (Å²) in [6.45, 7) is 1.22. The van der Waals surface area contributed by atoms with E-state index in [9.17, 15) is 27.9 Å². The second kappa shape index (κ2) is 10.0. The predicted molar refractivity (Wildman–Crippen MR) is 112 cm³/mol. The summed E-state index contributed by atoms with van der Waals surface area (Å²) in [5, 5.41) is 24.1. The lowest BCUT2D eigenvalue weighted by atomic mass is 10.1. The number of carbonyl (C=O) groups excluding carboxylic acids is 2. The van der Waals surface area contributed by atoms with Crippen LogP contribution in [0, 0.1) is 11.3 Å². The SMILES string of the molecule is C[C@](O)(CSc1cccc(NC(=O)CCl)c1)C(=O)Nc1ccc(C#N)c(C(F)(F)F)c1. The van der Waals surface area contributed by atoms with Crippen molar-refractivity contribution in [3.8, 4) is 6.07 Å². The third-order valence-corrected chi connectivity index (χ3v) is 5.49. The number of benzene rings is 2. The van der Waals surface area contributed by atoms with E-state index in [4.69, 9.17) is 16.9 Å². The smallest absolute Gasteiger partial charge is 0.379 e. The zero-order valence-corrected chi connectivity index (χ0v) is 17.7. The molecule has 0 aliphatic heterocycles. The number of hydrogen-bond donors (Lipinski definition) is 3. The Bertz CT molecular complexity index is 1020. The Labute approximate surface area is 185 Å². The van der Waals surface area contributed by atoms with E-state index in [0.717, 1.165) is 23.9 Å². The molecule has 2 rings (SSSR count). The van der Waals surface area contributed by atoms with Gasteiger partial charge in [-0.05, 0) is 43.3 Å². The third kappa shape index (κ3) is 6.89. The minimum Gasteiger partial charge on any atom is -0.379 e. The summed E-state index contributed by atoms with van der Waals surface area (Å²) in [5.74, 6) is -1.63. The lowest BCUT2D eigenvalue weighted by Crippen LogP contribution is -2.42.